The minimum Gasteiger partial charge on any atom is -0.311 e. The first-order valence-electron chi connectivity index (χ1n) is 7.10. The Morgan fingerprint density at radius 3 is 2.00 bits per heavy atom. The summed E-state index contributed by atoms with van der Waals surface area (Å²) >= 11 is 0. The molecule has 1 atom stereocenters. The minimum absolute atomic E-state index is 0.307. The molecule has 0 heterocycles. The quantitative estimate of drug-likeness (QED) is 0.530. The molecular weight excluding hydrogens is 330 g/mol. The maximum Gasteiger partial charge on any atom is 0.340 e. The molecule has 0 aliphatic carbocycles. The molecule has 24 heavy (non-hydrogen) atoms. The highest BCUT2D eigenvalue weighted by Gasteiger charge is 2.59. The lowest BCUT2D eigenvalue weighted by Gasteiger charge is -2.41. The molecule has 1 rings (SSSR count). The van der Waals surface area contributed by atoms with E-state index in [0.29, 0.717) is 5.56 Å². The van der Waals surface area contributed by atoms with E-state index in [1.165, 1.54) is 44.6 Å². The fourth-order valence-corrected chi connectivity index (χ4v) is 4.58. The molecule has 0 fully saturated rings. The number of nitrogens with zero attached hydrogens (tertiary/aromatic N) is 2. The van der Waals surface area contributed by atoms with Crippen LogP contribution in [0.15, 0.2) is 36.9 Å². The number of allylic oxidation sites excluding steroid dienone is 1. The van der Waals surface area contributed by atoms with Gasteiger partial charge in [-0.25, -0.2) is 4.39 Å². The van der Waals surface area contributed by atoms with E-state index in [0.717, 1.165) is 0 Å². The van der Waals surface area contributed by atoms with E-state index >= 15 is 0 Å². The van der Waals surface area contributed by atoms with Crippen LogP contribution in [0.25, 0.3) is 0 Å². The zero-order valence-electron chi connectivity index (χ0n) is 14.1. The number of hydrogen-bond donors (Lipinski definition) is 0. The molecule has 1 unspecified atom stereocenters. The molecular formula is C17H20FN2O3P. The van der Waals surface area contributed by atoms with Gasteiger partial charge >= 0.3 is 7.60 Å². The van der Waals surface area contributed by atoms with E-state index in [-0.39, 0.29) is 0 Å². The molecule has 0 saturated carbocycles. The zero-order valence-corrected chi connectivity index (χ0v) is 15.0. The molecule has 0 bridgehead atoms. The summed E-state index contributed by atoms with van der Waals surface area (Å²) in [6.07, 6.45) is 1.45. The largest absolute Gasteiger partial charge is 0.340 e. The summed E-state index contributed by atoms with van der Waals surface area (Å²) in [5, 5.41) is 19.7. The van der Waals surface area contributed by atoms with Crippen molar-refractivity contribution in [3.8, 4) is 12.1 Å². The van der Waals surface area contributed by atoms with E-state index in [4.69, 9.17) is 9.05 Å². The van der Waals surface area contributed by atoms with E-state index in [2.05, 4.69) is 6.58 Å². The molecule has 0 amide bonds. The summed E-state index contributed by atoms with van der Waals surface area (Å²) in [4.78, 5) is 0. The lowest BCUT2D eigenvalue weighted by Crippen LogP contribution is -2.40. The number of benzene rings is 1. The predicted octanol–water partition coefficient (Wildman–Crippen LogP) is 4.60. The van der Waals surface area contributed by atoms with Gasteiger partial charge in [0.15, 0.2) is 5.41 Å². The third-order valence-electron chi connectivity index (χ3n) is 4.30. The molecule has 0 aliphatic rings. The summed E-state index contributed by atoms with van der Waals surface area (Å²) in [6, 6.07) is 9.04. The highest BCUT2D eigenvalue weighted by Crippen LogP contribution is 2.69. The SMILES string of the molecule is C=CC(C)(C)C(C#N)(C#N)C(c1ccc(F)cc1)P(=O)(OC)OC. The van der Waals surface area contributed by atoms with Gasteiger partial charge in [-0.2, -0.15) is 10.5 Å². The lowest BCUT2D eigenvalue weighted by atomic mass is 9.64. The third kappa shape index (κ3) is 3.14. The fraction of sp³-hybridized carbons (Fsp3) is 0.412. The summed E-state index contributed by atoms with van der Waals surface area (Å²) in [7, 11) is -1.54. The highest BCUT2D eigenvalue weighted by atomic mass is 31.2. The van der Waals surface area contributed by atoms with Crippen molar-refractivity contribution in [2.24, 2.45) is 10.8 Å². The highest BCUT2D eigenvalue weighted by molar-refractivity contribution is 7.54. The van der Waals surface area contributed by atoms with Gasteiger partial charge in [0.25, 0.3) is 0 Å². The van der Waals surface area contributed by atoms with Crippen molar-refractivity contribution < 1.29 is 18.0 Å². The first kappa shape index (κ1) is 20.1. The van der Waals surface area contributed by atoms with Crippen LogP contribution in [-0.4, -0.2) is 14.2 Å². The summed E-state index contributed by atoms with van der Waals surface area (Å²) in [6.45, 7) is 6.96. The summed E-state index contributed by atoms with van der Waals surface area (Å²) < 4.78 is 36.7. The van der Waals surface area contributed by atoms with Crippen LogP contribution in [0.5, 0.6) is 0 Å². The number of nitriles is 2. The second-order valence-corrected chi connectivity index (χ2v) is 8.14. The normalized spacial score (nSPS) is 13.6. The van der Waals surface area contributed by atoms with Gasteiger partial charge in [-0.1, -0.05) is 32.1 Å². The molecule has 0 saturated heterocycles. The van der Waals surface area contributed by atoms with Gasteiger partial charge in [-0.15, -0.1) is 6.58 Å². The van der Waals surface area contributed by atoms with Gasteiger partial charge in [0, 0.05) is 19.6 Å². The van der Waals surface area contributed by atoms with Crippen molar-refractivity contribution in [3.05, 3.63) is 48.3 Å². The Morgan fingerprint density at radius 2 is 1.67 bits per heavy atom. The van der Waals surface area contributed by atoms with Crippen molar-refractivity contribution in [1.29, 1.82) is 10.5 Å². The van der Waals surface area contributed by atoms with Gasteiger partial charge in [0.05, 0.1) is 12.1 Å². The van der Waals surface area contributed by atoms with Crippen LogP contribution in [0.3, 0.4) is 0 Å². The average Bonchev–Trinajstić information content (AvgIpc) is 2.60. The van der Waals surface area contributed by atoms with Crippen LogP contribution in [0.4, 0.5) is 4.39 Å². The third-order valence-corrected chi connectivity index (χ3v) is 6.64. The number of rotatable bonds is 7. The molecule has 128 valence electrons. The van der Waals surface area contributed by atoms with Crippen LogP contribution < -0.4 is 0 Å². The standard InChI is InChI=1S/C17H20FN2O3P/c1-6-16(2,3)17(11-19,12-20)15(24(21,22-4)23-5)13-7-9-14(18)10-8-13/h6-10,15H,1H2,2-5H3. The van der Waals surface area contributed by atoms with Crippen LogP contribution >= 0.6 is 7.60 Å². The second kappa shape index (κ2) is 7.28. The maximum absolute atomic E-state index is 13.3. The monoisotopic (exact) mass is 350 g/mol. The van der Waals surface area contributed by atoms with E-state index in [1.54, 1.807) is 13.8 Å². The van der Waals surface area contributed by atoms with Gasteiger partial charge in [-0.05, 0) is 17.7 Å². The van der Waals surface area contributed by atoms with Gasteiger partial charge < -0.3 is 9.05 Å². The van der Waals surface area contributed by atoms with Crippen molar-refractivity contribution in [1.82, 2.24) is 0 Å². The van der Waals surface area contributed by atoms with Crippen LogP contribution in [0.1, 0.15) is 25.1 Å². The van der Waals surface area contributed by atoms with Crippen molar-refractivity contribution in [2.75, 3.05) is 14.2 Å². The molecule has 0 aromatic heterocycles. The number of halogens is 1. The van der Waals surface area contributed by atoms with Crippen molar-refractivity contribution in [3.63, 3.8) is 0 Å². The zero-order chi connectivity index (χ0) is 18.6. The smallest absolute Gasteiger partial charge is 0.311 e. The summed E-state index contributed by atoms with van der Waals surface area (Å²) in [5.74, 6) is -0.496. The van der Waals surface area contributed by atoms with Crippen LogP contribution in [0.2, 0.25) is 0 Å². The molecule has 0 N–H and O–H groups in total. The van der Waals surface area contributed by atoms with Crippen molar-refractivity contribution >= 4 is 7.60 Å². The van der Waals surface area contributed by atoms with Crippen molar-refractivity contribution in [2.45, 2.75) is 19.5 Å². The topological polar surface area (TPSA) is 83.1 Å². The Hall–Kier alpha value is -1.98. The molecule has 0 aliphatic heterocycles. The molecule has 5 nitrogen and oxygen atoms in total. The van der Waals surface area contributed by atoms with Gasteiger partial charge in [0.1, 0.15) is 11.5 Å². The second-order valence-electron chi connectivity index (χ2n) is 5.82. The lowest BCUT2D eigenvalue weighted by molar-refractivity contribution is 0.201. The van der Waals surface area contributed by atoms with E-state index < -0.39 is 29.9 Å². The number of hydrogen-bond acceptors (Lipinski definition) is 5. The maximum atomic E-state index is 13.3. The molecule has 1 aromatic rings. The predicted molar refractivity (Wildman–Crippen MR) is 88.4 cm³/mol. The molecule has 7 heteroatoms. The Morgan fingerprint density at radius 1 is 1.21 bits per heavy atom. The van der Waals surface area contributed by atoms with Crippen LogP contribution in [-0.2, 0) is 13.6 Å². The van der Waals surface area contributed by atoms with E-state index in [1.807, 2.05) is 12.1 Å². The van der Waals surface area contributed by atoms with E-state index in [9.17, 15) is 19.5 Å². The van der Waals surface area contributed by atoms with Gasteiger partial charge in [-0.3, -0.25) is 4.57 Å². The Kier molecular flexibility index (Phi) is 6.09. The minimum atomic E-state index is -3.91. The first-order chi connectivity index (χ1) is 11.2. The first-order valence-corrected chi connectivity index (χ1v) is 8.72. The Bertz CT molecular complexity index is 710. The molecule has 0 spiro atoms. The molecule has 0 radical (unpaired) electrons. The Balaban J connectivity index is 3.85. The van der Waals surface area contributed by atoms with Gasteiger partial charge in [0.2, 0.25) is 0 Å². The molecule has 1 aromatic carbocycles. The van der Waals surface area contributed by atoms with Crippen LogP contribution in [0, 0.1) is 39.3 Å². The summed E-state index contributed by atoms with van der Waals surface area (Å²) in [5.41, 5.74) is -3.80. The Labute approximate surface area is 141 Å². The average molecular weight is 350 g/mol. The fourth-order valence-electron chi connectivity index (χ4n) is 2.55.